The van der Waals surface area contributed by atoms with E-state index in [0.717, 1.165) is 23.7 Å². The first-order valence-electron chi connectivity index (χ1n) is 22.9. The zero-order chi connectivity index (χ0) is 40.2. The van der Waals surface area contributed by atoms with Crippen LogP contribution in [0.3, 0.4) is 0 Å². The molecule has 0 heterocycles. The molecule has 6 aliphatic rings. The average molecular weight is 781 g/mol. The van der Waals surface area contributed by atoms with Gasteiger partial charge in [-0.2, -0.15) is 0 Å². The molecule has 0 amide bonds. The monoisotopic (exact) mass is 780 g/mol. The third kappa shape index (κ3) is 4.46. The average Bonchev–Trinajstić information content (AvgIpc) is 3.72. The van der Waals surface area contributed by atoms with E-state index in [1.54, 1.807) is 11.1 Å². The van der Waals surface area contributed by atoms with Crippen molar-refractivity contribution >= 4 is 32.3 Å². The molecule has 6 aliphatic carbocycles. The van der Waals surface area contributed by atoms with E-state index in [9.17, 15) is 0 Å². The Balaban J connectivity index is 0.939. The largest absolute Gasteiger partial charge is 0.0622 e. The summed E-state index contributed by atoms with van der Waals surface area (Å²) >= 11 is 0. The van der Waals surface area contributed by atoms with Crippen molar-refractivity contribution in [2.75, 3.05) is 0 Å². The zero-order valence-electron chi connectivity index (χ0n) is 35.0. The summed E-state index contributed by atoms with van der Waals surface area (Å²) in [5, 5.41) is 8.02. The van der Waals surface area contributed by atoms with Crippen LogP contribution in [0.4, 0.5) is 0 Å². The van der Waals surface area contributed by atoms with Gasteiger partial charge in [-0.15, -0.1) is 0 Å². The quantitative estimate of drug-likeness (QED) is 0.157. The van der Waals surface area contributed by atoms with E-state index in [-0.39, 0.29) is 10.8 Å². The van der Waals surface area contributed by atoms with Crippen molar-refractivity contribution in [2.45, 2.75) is 56.8 Å². The van der Waals surface area contributed by atoms with Crippen LogP contribution in [0.5, 0.6) is 0 Å². The lowest BCUT2D eigenvalue weighted by molar-refractivity contribution is -0.0399. The minimum atomic E-state index is -0.169. The molecule has 15 rings (SSSR count). The summed E-state index contributed by atoms with van der Waals surface area (Å²) < 4.78 is 0. The first-order chi connectivity index (χ1) is 30.0. The van der Waals surface area contributed by atoms with Gasteiger partial charge in [0.05, 0.1) is 0 Å². The first kappa shape index (κ1) is 34.5. The summed E-state index contributed by atoms with van der Waals surface area (Å²) in [5.41, 5.74) is 19.8. The van der Waals surface area contributed by atoms with E-state index in [4.69, 9.17) is 0 Å². The maximum absolute atomic E-state index is 2.71. The van der Waals surface area contributed by atoms with Crippen LogP contribution >= 0.6 is 0 Å². The molecule has 292 valence electrons. The van der Waals surface area contributed by atoms with Gasteiger partial charge in [-0.05, 0) is 184 Å². The van der Waals surface area contributed by atoms with E-state index in [0.29, 0.717) is 0 Å². The lowest BCUT2D eigenvalue weighted by Gasteiger charge is -2.61. The highest BCUT2D eigenvalue weighted by molar-refractivity contribution is 6.21. The van der Waals surface area contributed by atoms with Gasteiger partial charge in [0.25, 0.3) is 0 Å². The Hall–Kier alpha value is -6.24. The Labute approximate surface area is 358 Å². The fourth-order valence-corrected chi connectivity index (χ4v) is 14.7. The number of hydrogen-bond donors (Lipinski definition) is 0. The number of rotatable bonds is 3. The fourth-order valence-electron chi connectivity index (χ4n) is 14.7. The molecule has 0 aliphatic heterocycles. The van der Waals surface area contributed by atoms with Crippen molar-refractivity contribution in [3.63, 3.8) is 0 Å². The molecule has 9 aromatic carbocycles. The topological polar surface area (TPSA) is 0 Å². The molecule has 9 aromatic rings. The Morgan fingerprint density at radius 3 is 1.41 bits per heavy atom. The second-order valence-electron chi connectivity index (χ2n) is 20.0. The van der Waals surface area contributed by atoms with Crippen LogP contribution in [0.25, 0.3) is 88.0 Å². The maximum atomic E-state index is 2.71. The van der Waals surface area contributed by atoms with Crippen molar-refractivity contribution in [3.8, 4) is 55.6 Å². The molecule has 0 saturated heterocycles. The highest BCUT2D eigenvalue weighted by atomic mass is 14.6. The van der Waals surface area contributed by atoms with Crippen LogP contribution < -0.4 is 0 Å². The highest BCUT2D eigenvalue weighted by Gasteiger charge is 2.61. The second-order valence-corrected chi connectivity index (χ2v) is 20.0. The third-order valence-electron chi connectivity index (χ3n) is 16.8. The zero-order valence-corrected chi connectivity index (χ0v) is 35.0. The van der Waals surface area contributed by atoms with Crippen molar-refractivity contribution < 1.29 is 0 Å². The van der Waals surface area contributed by atoms with Gasteiger partial charge in [0, 0.05) is 10.8 Å². The van der Waals surface area contributed by atoms with Gasteiger partial charge < -0.3 is 0 Å². The van der Waals surface area contributed by atoms with Crippen molar-refractivity contribution in [2.24, 2.45) is 23.7 Å². The third-order valence-corrected chi connectivity index (χ3v) is 16.8. The molecule has 4 fully saturated rings. The first-order valence-corrected chi connectivity index (χ1v) is 22.9. The molecule has 0 unspecified atom stereocenters. The van der Waals surface area contributed by atoms with E-state index >= 15 is 0 Å². The molecule has 0 aromatic heterocycles. The Morgan fingerprint density at radius 2 is 0.803 bits per heavy atom. The van der Waals surface area contributed by atoms with Gasteiger partial charge in [0.1, 0.15) is 0 Å². The molecule has 0 N–H and O–H groups in total. The van der Waals surface area contributed by atoms with E-state index in [1.807, 2.05) is 0 Å². The number of fused-ring (bicyclic) bond motifs is 10. The van der Waals surface area contributed by atoms with Crippen molar-refractivity contribution in [3.05, 3.63) is 192 Å². The molecule has 61 heavy (non-hydrogen) atoms. The molecule has 4 saturated carbocycles. The molecule has 0 atom stereocenters. The van der Waals surface area contributed by atoms with Crippen LogP contribution in [0, 0.1) is 23.7 Å². The molecule has 0 heteroatoms. The summed E-state index contributed by atoms with van der Waals surface area (Å²) in [6.07, 6.45) is 7.08. The minimum absolute atomic E-state index is 0.133. The Morgan fingerprint density at radius 1 is 0.328 bits per heavy atom. The van der Waals surface area contributed by atoms with E-state index in [2.05, 4.69) is 184 Å². The molecule has 0 nitrogen and oxygen atoms in total. The maximum Gasteiger partial charge on any atom is 0.0272 e. The van der Waals surface area contributed by atoms with Gasteiger partial charge in [-0.3, -0.25) is 0 Å². The summed E-state index contributed by atoms with van der Waals surface area (Å²) in [6.45, 7) is 4.92. The second kappa shape index (κ2) is 12.2. The van der Waals surface area contributed by atoms with Gasteiger partial charge in [-0.1, -0.05) is 166 Å². The molecule has 4 bridgehead atoms. The van der Waals surface area contributed by atoms with Crippen LogP contribution in [-0.2, 0) is 10.8 Å². The van der Waals surface area contributed by atoms with Crippen LogP contribution in [0.15, 0.2) is 170 Å². The number of benzene rings is 9. The summed E-state index contributed by atoms with van der Waals surface area (Å²) in [4.78, 5) is 0. The molecular formula is C61H48. The van der Waals surface area contributed by atoms with E-state index in [1.165, 1.54) is 131 Å². The fraction of sp³-hybridized carbons (Fsp3) is 0.213. The van der Waals surface area contributed by atoms with E-state index < -0.39 is 0 Å². The summed E-state index contributed by atoms with van der Waals surface area (Å²) in [7, 11) is 0. The molecule has 0 radical (unpaired) electrons. The summed E-state index contributed by atoms with van der Waals surface area (Å²) in [5.74, 6) is 3.34. The Kier molecular flexibility index (Phi) is 6.89. The van der Waals surface area contributed by atoms with Gasteiger partial charge in [-0.25, -0.2) is 0 Å². The highest BCUT2D eigenvalue weighted by Crippen LogP contribution is 2.70. The van der Waals surface area contributed by atoms with Crippen LogP contribution in [-0.4, -0.2) is 0 Å². The van der Waals surface area contributed by atoms with Gasteiger partial charge >= 0.3 is 0 Å². The standard InChI is InChI=1S/C61H48/c1-60(2)54-33-39(52-35-56-59(46-17-7-6-16-43(46)52)51-22-12-13-23-53(51)61(56)41-29-36-28-37(31-41)32-42(61)30-36)24-26-44(54)45-27-25-40(34-55(45)60)58-49-20-10-8-18-47(49)57(38-14-4-3-5-15-38)48-19-9-11-21-50(48)58/h3-27,33-37,41-42H,28-32H2,1-2H3. The predicted octanol–water partition coefficient (Wildman–Crippen LogP) is 16.2. The van der Waals surface area contributed by atoms with Gasteiger partial charge in [0.15, 0.2) is 0 Å². The molecule has 1 spiro atoms. The van der Waals surface area contributed by atoms with Crippen molar-refractivity contribution in [1.82, 2.24) is 0 Å². The number of hydrogen-bond acceptors (Lipinski definition) is 0. The normalized spacial score (nSPS) is 23.4. The van der Waals surface area contributed by atoms with Crippen LogP contribution in [0.2, 0.25) is 0 Å². The van der Waals surface area contributed by atoms with Crippen LogP contribution in [0.1, 0.15) is 68.2 Å². The lowest BCUT2D eigenvalue weighted by Crippen LogP contribution is -2.55. The lowest BCUT2D eigenvalue weighted by atomic mass is 9.43. The SMILES string of the molecule is CC1(C)c2cc(-c3cc4c(c5ccccc35)-c3ccccc3C43C4CC5CC(C4)CC3C5)ccc2-c2ccc(-c3c4ccccc4c(-c4ccccc4)c4ccccc34)cc21. The summed E-state index contributed by atoms with van der Waals surface area (Å²) in [6, 6.07) is 65.5. The van der Waals surface area contributed by atoms with Crippen molar-refractivity contribution in [1.29, 1.82) is 0 Å². The molecular weight excluding hydrogens is 733 g/mol. The minimum Gasteiger partial charge on any atom is -0.0622 e. The predicted molar refractivity (Wildman–Crippen MR) is 256 cm³/mol. The van der Waals surface area contributed by atoms with Gasteiger partial charge in [0.2, 0.25) is 0 Å². The Bertz CT molecular complexity index is 3260. The smallest absolute Gasteiger partial charge is 0.0272 e.